The third-order valence-electron chi connectivity index (χ3n) is 7.02. The fraction of sp³-hybridized carbons (Fsp3) is 0.481. The number of aliphatic imine (C=N–C) groups is 2. The van der Waals surface area contributed by atoms with Crippen molar-refractivity contribution >= 4 is 45.5 Å². The summed E-state index contributed by atoms with van der Waals surface area (Å²) in [4.78, 5) is 12.5. The van der Waals surface area contributed by atoms with Gasteiger partial charge in [-0.15, -0.1) is 12.4 Å². The van der Waals surface area contributed by atoms with Gasteiger partial charge in [0.25, 0.3) is 0 Å². The monoisotopic (exact) mass is 530 g/mol. The van der Waals surface area contributed by atoms with Gasteiger partial charge in [-0.3, -0.25) is 4.99 Å². The summed E-state index contributed by atoms with van der Waals surface area (Å²) in [7, 11) is 0. The van der Waals surface area contributed by atoms with Crippen molar-refractivity contribution in [2.45, 2.75) is 84.2 Å². The number of allylic oxidation sites excluding steroid dienone is 1. The summed E-state index contributed by atoms with van der Waals surface area (Å²) in [5.41, 5.74) is 14.0. The summed E-state index contributed by atoms with van der Waals surface area (Å²) in [5, 5.41) is 0. The number of benzene rings is 1. The fourth-order valence-corrected chi connectivity index (χ4v) is 6.11. The summed E-state index contributed by atoms with van der Waals surface area (Å²) < 4.78 is 1.10. The molecule has 3 aliphatic rings. The van der Waals surface area contributed by atoms with Gasteiger partial charge in [-0.2, -0.15) is 0 Å². The lowest BCUT2D eigenvalue weighted by molar-refractivity contribution is 0.200. The highest BCUT2D eigenvalue weighted by atomic mass is 79.9. The van der Waals surface area contributed by atoms with Crippen LogP contribution in [0, 0.1) is 0 Å². The zero-order chi connectivity index (χ0) is 23.0. The molecule has 0 aromatic heterocycles. The molecular formula is C27H36BrClN4. The first-order valence-electron chi connectivity index (χ1n) is 11.9. The third-order valence-corrected chi connectivity index (χ3v) is 7.68. The Labute approximate surface area is 213 Å². The van der Waals surface area contributed by atoms with Crippen LogP contribution in [0.15, 0.2) is 62.4 Å². The van der Waals surface area contributed by atoms with Crippen LogP contribution in [-0.4, -0.2) is 27.9 Å². The normalized spacial score (nSPS) is 22.7. The number of nitrogens with zero attached hydrogens (tertiary/aromatic N) is 3. The van der Waals surface area contributed by atoms with E-state index in [0.29, 0.717) is 12.0 Å². The smallest absolute Gasteiger partial charge is 0.129 e. The molecule has 3 aliphatic heterocycles. The van der Waals surface area contributed by atoms with E-state index >= 15 is 0 Å². The van der Waals surface area contributed by atoms with Gasteiger partial charge in [-0.1, -0.05) is 68.6 Å². The number of rotatable bonds is 7. The van der Waals surface area contributed by atoms with Crippen LogP contribution in [0.25, 0.3) is 5.70 Å². The van der Waals surface area contributed by atoms with E-state index in [1.165, 1.54) is 16.8 Å². The first kappa shape index (κ1) is 25.8. The zero-order valence-corrected chi connectivity index (χ0v) is 22.8. The molecule has 4 rings (SSSR count). The molecule has 1 atom stereocenters. The lowest BCUT2D eigenvalue weighted by Gasteiger charge is -2.44. The molecule has 0 aliphatic carbocycles. The molecule has 2 N–H and O–H groups in total. The Morgan fingerprint density at radius 1 is 1.21 bits per heavy atom. The molecule has 0 radical (unpaired) electrons. The molecule has 1 aromatic carbocycles. The molecule has 1 saturated heterocycles. The Balaban J connectivity index is 0.00000306. The Hall–Kier alpha value is -1.85. The molecule has 1 aromatic rings. The van der Waals surface area contributed by atoms with E-state index in [2.05, 4.69) is 84.7 Å². The van der Waals surface area contributed by atoms with Gasteiger partial charge in [0.2, 0.25) is 0 Å². The van der Waals surface area contributed by atoms with E-state index in [0.717, 1.165) is 59.3 Å². The molecular weight excluding hydrogens is 496 g/mol. The van der Waals surface area contributed by atoms with Crippen molar-refractivity contribution in [1.82, 2.24) is 4.90 Å². The third kappa shape index (κ3) is 4.12. The first-order valence-corrected chi connectivity index (χ1v) is 12.7. The number of nitrogens with two attached hydrogens (primary N) is 1. The highest BCUT2D eigenvalue weighted by Gasteiger charge is 2.56. The van der Waals surface area contributed by atoms with E-state index in [9.17, 15) is 0 Å². The number of hydrogen-bond donors (Lipinski definition) is 1. The number of halogens is 2. The van der Waals surface area contributed by atoms with Crippen molar-refractivity contribution in [3.8, 4) is 0 Å². The van der Waals surface area contributed by atoms with Gasteiger partial charge in [0, 0.05) is 40.6 Å². The summed E-state index contributed by atoms with van der Waals surface area (Å²) in [6, 6.07) is 7.11. The van der Waals surface area contributed by atoms with E-state index in [1.807, 2.05) is 12.4 Å². The van der Waals surface area contributed by atoms with Crippen LogP contribution in [0.3, 0.4) is 0 Å². The van der Waals surface area contributed by atoms with Crippen molar-refractivity contribution in [2.24, 2.45) is 15.7 Å². The largest absolute Gasteiger partial charge is 0.403 e. The summed E-state index contributed by atoms with van der Waals surface area (Å²) in [5.74, 6) is 0.483. The molecule has 0 bridgehead atoms. The van der Waals surface area contributed by atoms with Gasteiger partial charge in [-0.25, -0.2) is 4.99 Å². The van der Waals surface area contributed by atoms with Gasteiger partial charge >= 0.3 is 0 Å². The highest BCUT2D eigenvalue weighted by Crippen LogP contribution is 2.54. The Morgan fingerprint density at radius 2 is 1.91 bits per heavy atom. The van der Waals surface area contributed by atoms with Crippen LogP contribution in [0.5, 0.6) is 0 Å². The van der Waals surface area contributed by atoms with Crippen LogP contribution < -0.4 is 5.73 Å². The maximum Gasteiger partial charge on any atom is 0.129 e. The van der Waals surface area contributed by atoms with Crippen LogP contribution in [0.2, 0.25) is 0 Å². The average molecular weight is 532 g/mol. The van der Waals surface area contributed by atoms with Gasteiger partial charge in [0.05, 0.1) is 17.1 Å². The second-order valence-corrected chi connectivity index (χ2v) is 10.3. The fourth-order valence-electron chi connectivity index (χ4n) is 5.53. The van der Waals surface area contributed by atoms with Gasteiger partial charge in [0.1, 0.15) is 5.54 Å². The van der Waals surface area contributed by atoms with Gasteiger partial charge in [-0.05, 0) is 49.0 Å². The molecule has 1 spiro atoms. The molecule has 1 fully saturated rings. The lowest BCUT2D eigenvalue weighted by atomic mass is 9.81. The standard InChI is InChI=1S/C27H35BrN4.ClH/c1-6-8-20(9-7-2)32-21(16-29)15-23-25(22-11-10-19(17(3)4)14-24(22)28)31-26-18(5)30-13-12-27(23,26)32;/h10-14,16-17,20H,6-9,15,29H2,1-5H3;1H. The topological polar surface area (TPSA) is 54.0 Å². The minimum atomic E-state index is -0.377. The average Bonchev–Trinajstić information content (AvgIpc) is 3.25. The van der Waals surface area contributed by atoms with E-state index in [1.54, 1.807) is 0 Å². The van der Waals surface area contributed by atoms with Crippen LogP contribution in [-0.2, 0) is 0 Å². The zero-order valence-electron chi connectivity index (χ0n) is 20.4. The molecule has 178 valence electrons. The molecule has 33 heavy (non-hydrogen) atoms. The molecule has 1 unspecified atom stereocenters. The lowest BCUT2D eigenvalue weighted by Crippen LogP contribution is -2.55. The van der Waals surface area contributed by atoms with Gasteiger partial charge < -0.3 is 10.6 Å². The maximum atomic E-state index is 6.25. The van der Waals surface area contributed by atoms with Crippen molar-refractivity contribution < 1.29 is 0 Å². The Morgan fingerprint density at radius 3 is 2.48 bits per heavy atom. The van der Waals surface area contributed by atoms with Crippen molar-refractivity contribution in [3.63, 3.8) is 0 Å². The first-order chi connectivity index (χ1) is 15.4. The predicted molar refractivity (Wildman–Crippen MR) is 147 cm³/mol. The summed E-state index contributed by atoms with van der Waals surface area (Å²) >= 11 is 3.86. The predicted octanol–water partition coefficient (Wildman–Crippen LogP) is 7.36. The molecule has 6 heteroatoms. The minimum absolute atomic E-state index is 0. The minimum Gasteiger partial charge on any atom is -0.403 e. The van der Waals surface area contributed by atoms with Crippen LogP contribution >= 0.6 is 28.3 Å². The number of likely N-dealkylation sites (tertiary alicyclic amines) is 1. The molecule has 0 saturated carbocycles. The van der Waals surface area contributed by atoms with E-state index in [4.69, 9.17) is 10.7 Å². The second kappa shape index (κ2) is 10.2. The van der Waals surface area contributed by atoms with Crippen molar-refractivity contribution in [3.05, 3.63) is 63.5 Å². The summed E-state index contributed by atoms with van der Waals surface area (Å²) in [6.07, 6.45) is 11.4. The number of hydrogen-bond acceptors (Lipinski definition) is 4. The van der Waals surface area contributed by atoms with Crippen LogP contribution in [0.4, 0.5) is 0 Å². The Kier molecular flexibility index (Phi) is 7.95. The van der Waals surface area contributed by atoms with E-state index in [-0.39, 0.29) is 17.9 Å². The summed E-state index contributed by atoms with van der Waals surface area (Å²) in [6.45, 7) is 11.1. The quantitative estimate of drug-likeness (QED) is 0.399. The highest BCUT2D eigenvalue weighted by molar-refractivity contribution is 9.10. The maximum absolute atomic E-state index is 6.25. The van der Waals surface area contributed by atoms with E-state index < -0.39 is 0 Å². The van der Waals surface area contributed by atoms with Crippen molar-refractivity contribution in [2.75, 3.05) is 0 Å². The van der Waals surface area contributed by atoms with Crippen molar-refractivity contribution in [1.29, 1.82) is 0 Å². The molecule has 4 nitrogen and oxygen atoms in total. The van der Waals surface area contributed by atoms with Gasteiger partial charge in [0.15, 0.2) is 0 Å². The Bertz CT molecular complexity index is 1060. The molecule has 3 heterocycles. The van der Waals surface area contributed by atoms with Crippen LogP contribution in [0.1, 0.15) is 83.8 Å². The SMILES string of the molecule is CCCC(CCC)N1C(=CN)CC2=C(c3ccc(C(C)C)cc3Br)N=C3C(C)=NC=CC321.Cl. The second-order valence-electron chi connectivity index (χ2n) is 9.41. The molecule has 0 amide bonds.